The van der Waals surface area contributed by atoms with Crippen LogP contribution in [-0.4, -0.2) is 198 Å². The summed E-state index contributed by atoms with van der Waals surface area (Å²) in [4.78, 5) is 0. The summed E-state index contributed by atoms with van der Waals surface area (Å²) in [5.74, 6) is -0.452. The monoisotopic (exact) mass is 916 g/mol. The van der Waals surface area contributed by atoms with Gasteiger partial charge in [0.05, 0.1) is 44.7 Å². The van der Waals surface area contributed by atoms with Crippen molar-refractivity contribution in [2.45, 2.75) is 201 Å². The first-order valence-electron chi connectivity index (χ1n) is 23.6. The number of allylic oxidation sites excluding steroid dienone is 1. The number of fused-ring (bicyclic) bond motifs is 7. The van der Waals surface area contributed by atoms with Crippen molar-refractivity contribution in [1.82, 2.24) is 0 Å². The highest BCUT2D eigenvalue weighted by Gasteiger charge is 2.76. The van der Waals surface area contributed by atoms with Crippen LogP contribution in [0.2, 0.25) is 0 Å². The molecule has 0 aromatic heterocycles. The van der Waals surface area contributed by atoms with E-state index in [-0.39, 0.29) is 35.9 Å². The molecule has 0 bridgehead atoms. The van der Waals surface area contributed by atoms with Gasteiger partial charge in [-0.15, -0.1) is 0 Å². The standard InChI is InChI=1S/C45H72O19/c1-19-30(48)33(51)37(55)40(59-19)63-38-35(53)32(50)28(16-47)62-41(38)60-23-8-10-42(3)22(13-23)5-6-24-25(42)9-11-43(4)26(24)14-29-45(43,56)20(2)44(64-29)12-7-21(18-58-44)17-57-39-36(54)34(52)31(49)27(15-46)61-39/h5,19-21,23-41,46-56H,6-18H2,1-4H3/t19-,20+,21-,23-,24+,25-,26-,27+,28+,29-,30-,31+,32+,33+,34-,35-,36+,37+,38+,39+,40-,41+,42-,43-,44+,45+/m0/s1. The Balaban J connectivity index is 0.838. The summed E-state index contributed by atoms with van der Waals surface area (Å²) in [6, 6.07) is 0. The molecule has 26 atom stereocenters. The van der Waals surface area contributed by atoms with Crippen LogP contribution in [0.15, 0.2) is 11.6 Å². The van der Waals surface area contributed by atoms with E-state index in [9.17, 15) is 56.2 Å². The Bertz CT molecular complexity index is 1680. The van der Waals surface area contributed by atoms with Crippen molar-refractivity contribution in [2.24, 2.45) is 40.4 Å². The molecule has 8 fully saturated rings. The predicted octanol–water partition coefficient (Wildman–Crippen LogP) is -1.70. The van der Waals surface area contributed by atoms with Gasteiger partial charge in [0.1, 0.15) is 72.7 Å². The zero-order valence-electron chi connectivity index (χ0n) is 37.2. The van der Waals surface area contributed by atoms with Crippen molar-refractivity contribution < 1.29 is 94.1 Å². The van der Waals surface area contributed by atoms with E-state index in [1.54, 1.807) is 0 Å². The van der Waals surface area contributed by atoms with Crippen LogP contribution in [0.25, 0.3) is 0 Å². The molecule has 0 unspecified atom stereocenters. The third-order valence-electron chi connectivity index (χ3n) is 18.0. The molecule has 9 rings (SSSR count). The molecule has 366 valence electrons. The molecule has 64 heavy (non-hydrogen) atoms. The van der Waals surface area contributed by atoms with E-state index in [2.05, 4.69) is 26.8 Å². The normalized spacial score (nSPS) is 57.4. The van der Waals surface area contributed by atoms with Crippen molar-refractivity contribution in [1.29, 1.82) is 0 Å². The highest BCUT2D eigenvalue weighted by Crippen LogP contribution is 2.72. The largest absolute Gasteiger partial charge is 0.394 e. The van der Waals surface area contributed by atoms with Gasteiger partial charge in [-0.1, -0.05) is 32.4 Å². The Morgan fingerprint density at radius 1 is 0.703 bits per heavy atom. The summed E-state index contributed by atoms with van der Waals surface area (Å²) < 4.78 is 48.9. The molecule has 5 saturated heterocycles. The summed E-state index contributed by atoms with van der Waals surface area (Å²) in [5, 5.41) is 116. The molecule has 19 nitrogen and oxygen atoms in total. The van der Waals surface area contributed by atoms with Crippen molar-refractivity contribution >= 4 is 0 Å². The number of rotatable bonds is 9. The van der Waals surface area contributed by atoms with Crippen LogP contribution >= 0.6 is 0 Å². The second kappa shape index (κ2) is 17.7. The molecule has 5 heterocycles. The highest BCUT2D eigenvalue weighted by molar-refractivity contribution is 5.29. The first-order valence-corrected chi connectivity index (χ1v) is 23.6. The zero-order chi connectivity index (χ0) is 45.8. The van der Waals surface area contributed by atoms with Crippen LogP contribution in [0.5, 0.6) is 0 Å². The van der Waals surface area contributed by atoms with E-state index in [0.717, 1.165) is 25.7 Å². The fourth-order valence-electron chi connectivity index (χ4n) is 14.0. The Labute approximate surface area is 373 Å². The first-order chi connectivity index (χ1) is 30.3. The maximum Gasteiger partial charge on any atom is 0.187 e. The quantitative estimate of drug-likeness (QED) is 0.115. The lowest BCUT2D eigenvalue weighted by atomic mass is 9.46. The van der Waals surface area contributed by atoms with Gasteiger partial charge in [0.2, 0.25) is 0 Å². The molecule has 0 radical (unpaired) electrons. The Morgan fingerprint density at radius 2 is 1.38 bits per heavy atom. The number of hydrogen-bond acceptors (Lipinski definition) is 19. The molecule has 5 aliphatic heterocycles. The highest BCUT2D eigenvalue weighted by atomic mass is 16.8. The van der Waals surface area contributed by atoms with Gasteiger partial charge in [0.15, 0.2) is 24.7 Å². The lowest BCUT2D eigenvalue weighted by molar-refractivity contribution is -0.369. The van der Waals surface area contributed by atoms with Gasteiger partial charge in [-0.25, -0.2) is 0 Å². The van der Waals surface area contributed by atoms with Crippen LogP contribution < -0.4 is 0 Å². The van der Waals surface area contributed by atoms with E-state index in [1.165, 1.54) is 12.5 Å². The van der Waals surface area contributed by atoms with Gasteiger partial charge in [-0.05, 0) is 81.5 Å². The van der Waals surface area contributed by atoms with E-state index < -0.39 is 128 Å². The minimum absolute atomic E-state index is 0.0751. The number of aliphatic hydroxyl groups is 11. The Morgan fingerprint density at radius 3 is 2.06 bits per heavy atom. The van der Waals surface area contributed by atoms with Gasteiger partial charge >= 0.3 is 0 Å². The van der Waals surface area contributed by atoms with Gasteiger partial charge in [0, 0.05) is 23.7 Å². The maximum absolute atomic E-state index is 13.0. The molecule has 0 aromatic carbocycles. The smallest absolute Gasteiger partial charge is 0.187 e. The van der Waals surface area contributed by atoms with Crippen LogP contribution in [0.3, 0.4) is 0 Å². The van der Waals surface area contributed by atoms with Gasteiger partial charge in [-0.3, -0.25) is 0 Å². The summed E-state index contributed by atoms with van der Waals surface area (Å²) in [6.45, 7) is 7.47. The predicted molar refractivity (Wildman–Crippen MR) is 217 cm³/mol. The van der Waals surface area contributed by atoms with E-state index in [4.69, 9.17) is 37.9 Å². The molecule has 19 heteroatoms. The average Bonchev–Trinajstić information content (AvgIpc) is 3.64. The Kier molecular flexibility index (Phi) is 13.3. The molecule has 0 aromatic rings. The van der Waals surface area contributed by atoms with Crippen molar-refractivity contribution in [3.05, 3.63) is 11.6 Å². The van der Waals surface area contributed by atoms with Crippen molar-refractivity contribution in [3.63, 3.8) is 0 Å². The van der Waals surface area contributed by atoms with Crippen LogP contribution in [0.4, 0.5) is 0 Å². The minimum Gasteiger partial charge on any atom is -0.394 e. The Hall–Kier alpha value is -1.02. The number of hydrogen-bond donors (Lipinski definition) is 11. The van der Waals surface area contributed by atoms with Crippen molar-refractivity contribution in [2.75, 3.05) is 26.4 Å². The average molecular weight is 917 g/mol. The van der Waals surface area contributed by atoms with E-state index >= 15 is 0 Å². The SMILES string of the molecule is C[C@@H]1O[C@@H](O[C@H]2[C@H](O[C@H]3CC[C@@]4(C)C(=CC[C@@H]5[C@@H]4CC[C@@]4(C)[C@H]5C[C@@H]5O[C@]6(CC[C@@H](CO[C@@H]7O[C@H](CO)[C@@H](O)[C@H](O)[C@H]7O)CO6)[C@@H](C)[C@@]54O)C3)O[C@H](CO)[C@@H](O)[C@@H]2O)[C@H](O)[C@H](O)[C@H]1O. The van der Waals surface area contributed by atoms with Crippen LogP contribution in [-0.2, 0) is 37.9 Å². The molecule has 4 aliphatic carbocycles. The fourth-order valence-corrected chi connectivity index (χ4v) is 14.0. The molecule has 0 amide bonds. The molecular formula is C45H72O19. The molecule has 1 spiro atoms. The second-order valence-electron chi connectivity index (χ2n) is 21.2. The van der Waals surface area contributed by atoms with Crippen LogP contribution in [0.1, 0.15) is 85.5 Å². The molecule has 9 aliphatic rings. The summed E-state index contributed by atoms with van der Waals surface area (Å²) in [5.41, 5.74) is -0.382. The third-order valence-corrected chi connectivity index (χ3v) is 18.0. The lowest BCUT2D eigenvalue weighted by Crippen LogP contribution is -2.64. The number of ether oxygens (including phenoxy) is 8. The first kappa shape index (κ1) is 48.0. The summed E-state index contributed by atoms with van der Waals surface area (Å²) >= 11 is 0. The second-order valence-corrected chi connectivity index (χ2v) is 21.2. The minimum atomic E-state index is -1.66. The molecule has 3 saturated carbocycles. The zero-order valence-corrected chi connectivity index (χ0v) is 37.2. The maximum atomic E-state index is 13.0. The van der Waals surface area contributed by atoms with Crippen molar-refractivity contribution in [3.8, 4) is 0 Å². The third kappa shape index (κ3) is 7.50. The van der Waals surface area contributed by atoms with Crippen LogP contribution in [0, 0.1) is 40.4 Å². The van der Waals surface area contributed by atoms with E-state index in [0.29, 0.717) is 50.5 Å². The van der Waals surface area contributed by atoms with E-state index in [1.807, 2.05) is 0 Å². The number of aliphatic hydroxyl groups excluding tert-OH is 10. The summed E-state index contributed by atoms with van der Waals surface area (Å²) in [6.07, 6.45) is -12.5. The van der Waals surface area contributed by atoms with Gasteiger partial charge < -0.3 is 94.1 Å². The topological polar surface area (TPSA) is 296 Å². The molecular weight excluding hydrogens is 844 g/mol. The van der Waals surface area contributed by atoms with Gasteiger partial charge in [0.25, 0.3) is 0 Å². The lowest BCUT2D eigenvalue weighted by Gasteiger charge is -2.60. The van der Waals surface area contributed by atoms with Gasteiger partial charge in [-0.2, -0.15) is 0 Å². The fraction of sp³-hybridized carbons (Fsp3) is 0.956. The summed E-state index contributed by atoms with van der Waals surface area (Å²) in [7, 11) is 0. The molecule has 11 N–H and O–H groups in total.